The van der Waals surface area contributed by atoms with Crippen molar-refractivity contribution >= 4 is 45.2 Å². The van der Waals surface area contributed by atoms with Gasteiger partial charge in [-0.05, 0) is 42.3 Å². The van der Waals surface area contributed by atoms with Gasteiger partial charge in [0.15, 0.2) is 5.16 Å². The monoisotopic (exact) mass is 398 g/mol. The number of fused-ring (bicyclic) bond motifs is 2. The summed E-state index contributed by atoms with van der Waals surface area (Å²) in [6, 6.07) is 12.3. The minimum absolute atomic E-state index is 0.0980. The van der Waals surface area contributed by atoms with Gasteiger partial charge < -0.3 is 4.42 Å². The molecule has 0 amide bonds. The Bertz CT molecular complexity index is 1310. The van der Waals surface area contributed by atoms with Crippen LogP contribution in [0.2, 0.25) is 5.02 Å². The van der Waals surface area contributed by atoms with Gasteiger partial charge in [0.05, 0.1) is 10.9 Å². The number of para-hydroxylation sites is 1. The SMILES string of the molecule is Cc1cc2oc(=O)cc(CSc3nc4ccccc4c(=O)n3C)c2cc1Cl. The highest BCUT2D eigenvalue weighted by molar-refractivity contribution is 7.98. The Morgan fingerprint density at radius 1 is 1.15 bits per heavy atom. The number of thioether (sulfide) groups is 1. The normalized spacial score (nSPS) is 11.4. The van der Waals surface area contributed by atoms with Crippen LogP contribution in [0.15, 0.2) is 61.6 Å². The Morgan fingerprint density at radius 3 is 2.74 bits per heavy atom. The maximum absolute atomic E-state index is 12.5. The molecule has 0 aliphatic carbocycles. The quantitative estimate of drug-likeness (QED) is 0.292. The highest BCUT2D eigenvalue weighted by atomic mass is 35.5. The summed E-state index contributed by atoms with van der Waals surface area (Å²) >= 11 is 7.63. The maximum atomic E-state index is 12.5. The predicted molar refractivity (Wildman–Crippen MR) is 109 cm³/mol. The summed E-state index contributed by atoms with van der Waals surface area (Å²) in [5, 5.41) is 2.55. The molecule has 0 saturated heterocycles. The summed E-state index contributed by atoms with van der Waals surface area (Å²) in [6.07, 6.45) is 0. The summed E-state index contributed by atoms with van der Waals surface area (Å²) in [7, 11) is 1.70. The van der Waals surface area contributed by atoms with Crippen molar-refractivity contribution in [3.63, 3.8) is 0 Å². The van der Waals surface area contributed by atoms with Crippen LogP contribution in [0.5, 0.6) is 0 Å². The maximum Gasteiger partial charge on any atom is 0.336 e. The van der Waals surface area contributed by atoms with Crippen molar-refractivity contribution in [2.24, 2.45) is 7.05 Å². The summed E-state index contributed by atoms with van der Waals surface area (Å²) in [5.41, 5.74) is 2.27. The first-order valence-corrected chi connectivity index (χ1v) is 9.62. The Balaban J connectivity index is 1.77. The zero-order valence-electron chi connectivity index (χ0n) is 14.7. The third kappa shape index (κ3) is 3.26. The molecule has 0 bridgehead atoms. The first kappa shape index (κ1) is 17.8. The molecule has 0 spiro atoms. The molecule has 5 nitrogen and oxygen atoms in total. The van der Waals surface area contributed by atoms with Crippen molar-refractivity contribution in [3.05, 3.63) is 79.4 Å². The molecule has 0 radical (unpaired) electrons. The molecule has 7 heteroatoms. The topological polar surface area (TPSA) is 65.1 Å². The second-order valence-corrected chi connectivity index (χ2v) is 7.60. The molecule has 2 aromatic carbocycles. The van der Waals surface area contributed by atoms with Crippen LogP contribution in [0.1, 0.15) is 11.1 Å². The first-order chi connectivity index (χ1) is 12.9. The summed E-state index contributed by atoms with van der Waals surface area (Å²) < 4.78 is 6.82. The van der Waals surface area contributed by atoms with Gasteiger partial charge in [-0.3, -0.25) is 9.36 Å². The third-order valence-electron chi connectivity index (χ3n) is 4.41. The molecule has 136 valence electrons. The lowest BCUT2D eigenvalue weighted by molar-refractivity contribution is 0.559. The van der Waals surface area contributed by atoms with Crippen LogP contribution >= 0.6 is 23.4 Å². The van der Waals surface area contributed by atoms with Crippen LogP contribution in [-0.2, 0) is 12.8 Å². The number of benzene rings is 2. The second-order valence-electron chi connectivity index (χ2n) is 6.25. The molecule has 0 N–H and O–H groups in total. The molecule has 0 unspecified atom stereocenters. The first-order valence-electron chi connectivity index (χ1n) is 8.25. The Morgan fingerprint density at radius 2 is 1.93 bits per heavy atom. The molecular weight excluding hydrogens is 384 g/mol. The van der Waals surface area contributed by atoms with E-state index in [0.717, 1.165) is 16.5 Å². The highest BCUT2D eigenvalue weighted by Crippen LogP contribution is 2.29. The van der Waals surface area contributed by atoms with Gasteiger partial charge in [0, 0.05) is 29.3 Å². The summed E-state index contributed by atoms with van der Waals surface area (Å²) in [4.78, 5) is 29.0. The fourth-order valence-corrected chi connectivity index (χ4v) is 4.06. The molecule has 2 aromatic heterocycles. The molecule has 0 aliphatic heterocycles. The van der Waals surface area contributed by atoms with Gasteiger partial charge in [0.1, 0.15) is 5.58 Å². The van der Waals surface area contributed by atoms with Gasteiger partial charge >= 0.3 is 5.63 Å². The molecule has 0 saturated carbocycles. The number of nitrogens with zero attached hydrogens (tertiary/aromatic N) is 2. The van der Waals surface area contributed by atoms with E-state index < -0.39 is 5.63 Å². The minimum Gasteiger partial charge on any atom is -0.423 e. The zero-order valence-corrected chi connectivity index (χ0v) is 16.2. The molecule has 4 rings (SSSR count). The van der Waals surface area contributed by atoms with E-state index in [1.807, 2.05) is 25.1 Å². The van der Waals surface area contributed by atoms with Crippen LogP contribution in [0, 0.1) is 6.92 Å². The van der Waals surface area contributed by atoms with Gasteiger partial charge in [0.25, 0.3) is 5.56 Å². The molecule has 0 atom stereocenters. The zero-order chi connectivity index (χ0) is 19.1. The molecular formula is C20H15ClN2O3S. The van der Waals surface area contributed by atoms with Crippen molar-refractivity contribution in [2.75, 3.05) is 0 Å². The van der Waals surface area contributed by atoms with E-state index in [0.29, 0.717) is 32.4 Å². The molecule has 0 aliphatic rings. The molecule has 0 fully saturated rings. The van der Waals surface area contributed by atoms with Gasteiger partial charge in [0.2, 0.25) is 0 Å². The van der Waals surface area contributed by atoms with E-state index in [1.165, 1.54) is 22.4 Å². The third-order valence-corrected chi connectivity index (χ3v) is 5.89. The van der Waals surface area contributed by atoms with E-state index >= 15 is 0 Å². The van der Waals surface area contributed by atoms with Crippen LogP contribution in [0.3, 0.4) is 0 Å². The number of hydrogen-bond acceptors (Lipinski definition) is 5. The second kappa shape index (κ2) is 6.87. The van der Waals surface area contributed by atoms with Gasteiger partial charge in [-0.15, -0.1) is 0 Å². The lowest BCUT2D eigenvalue weighted by atomic mass is 10.1. The van der Waals surface area contributed by atoms with E-state index in [-0.39, 0.29) is 5.56 Å². The average Bonchev–Trinajstić information content (AvgIpc) is 2.65. The summed E-state index contributed by atoms with van der Waals surface area (Å²) in [5.74, 6) is 0.458. The van der Waals surface area contributed by atoms with Crippen molar-refractivity contribution in [2.45, 2.75) is 17.8 Å². The van der Waals surface area contributed by atoms with Crippen LogP contribution in [0.4, 0.5) is 0 Å². The van der Waals surface area contributed by atoms with Crippen molar-refractivity contribution in [1.29, 1.82) is 0 Å². The van der Waals surface area contributed by atoms with E-state index in [4.69, 9.17) is 16.0 Å². The Labute approximate surface area is 163 Å². The average molecular weight is 399 g/mol. The smallest absolute Gasteiger partial charge is 0.336 e. The van der Waals surface area contributed by atoms with Gasteiger partial charge in [-0.2, -0.15) is 0 Å². The number of aromatic nitrogens is 2. The highest BCUT2D eigenvalue weighted by Gasteiger charge is 2.12. The number of rotatable bonds is 3. The Kier molecular flexibility index (Phi) is 4.53. The predicted octanol–water partition coefficient (Wildman–Crippen LogP) is 4.29. The van der Waals surface area contributed by atoms with Gasteiger partial charge in [-0.25, -0.2) is 9.78 Å². The largest absolute Gasteiger partial charge is 0.423 e. The van der Waals surface area contributed by atoms with E-state index in [9.17, 15) is 9.59 Å². The lowest BCUT2D eigenvalue weighted by Gasteiger charge is -2.10. The standard InChI is InChI=1S/C20H15ClN2O3S/c1-11-7-17-14(9-15(11)21)12(8-18(24)26-17)10-27-20-22-16-6-4-3-5-13(16)19(25)23(20)2/h3-9H,10H2,1-2H3. The molecule has 2 heterocycles. The van der Waals surface area contributed by atoms with Crippen LogP contribution in [-0.4, -0.2) is 9.55 Å². The fourth-order valence-electron chi connectivity index (χ4n) is 2.94. The van der Waals surface area contributed by atoms with E-state index in [1.54, 1.807) is 25.2 Å². The minimum atomic E-state index is -0.416. The number of aryl methyl sites for hydroxylation is 1. The molecule has 27 heavy (non-hydrogen) atoms. The fraction of sp³-hybridized carbons (Fsp3) is 0.150. The van der Waals surface area contributed by atoms with Crippen LogP contribution in [0.25, 0.3) is 21.9 Å². The van der Waals surface area contributed by atoms with Crippen molar-refractivity contribution in [3.8, 4) is 0 Å². The van der Waals surface area contributed by atoms with Crippen LogP contribution < -0.4 is 11.2 Å². The van der Waals surface area contributed by atoms with E-state index in [2.05, 4.69) is 4.98 Å². The van der Waals surface area contributed by atoms with Gasteiger partial charge in [-0.1, -0.05) is 35.5 Å². The molecule has 4 aromatic rings. The Hall–Kier alpha value is -2.57. The van der Waals surface area contributed by atoms with Crippen molar-refractivity contribution < 1.29 is 4.42 Å². The number of halogens is 1. The lowest BCUT2D eigenvalue weighted by Crippen LogP contribution is -2.19. The number of hydrogen-bond donors (Lipinski definition) is 0. The summed E-state index contributed by atoms with van der Waals surface area (Å²) in [6.45, 7) is 1.86. The van der Waals surface area contributed by atoms with Crippen molar-refractivity contribution in [1.82, 2.24) is 9.55 Å².